The smallest absolute Gasteiger partial charge is 0.269 e. The van der Waals surface area contributed by atoms with Gasteiger partial charge in [-0.15, -0.1) is 0 Å². The number of nitrogens with zero attached hydrogens (tertiary/aromatic N) is 2. The van der Waals surface area contributed by atoms with Gasteiger partial charge in [-0.05, 0) is 56.5 Å². The summed E-state index contributed by atoms with van der Waals surface area (Å²) in [6.45, 7) is 4.87. The summed E-state index contributed by atoms with van der Waals surface area (Å²) in [5.74, 6) is 0.297. The maximum atomic E-state index is 13.4. The van der Waals surface area contributed by atoms with Gasteiger partial charge in [0.2, 0.25) is 10.0 Å². The van der Waals surface area contributed by atoms with Gasteiger partial charge in [-0.3, -0.25) is 4.79 Å². The first-order valence-corrected chi connectivity index (χ1v) is 13.3. The van der Waals surface area contributed by atoms with Crippen molar-refractivity contribution in [3.05, 3.63) is 90.3 Å². The number of benzene rings is 2. The fourth-order valence-corrected chi connectivity index (χ4v) is 6.09. The molecule has 4 rings (SSSR count). The maximum absolute atomic E-state index is 13.4. The summed E-state index contributed by atoms with van der Waals surface area (Å²) in [7, 11) is -3.65. The minimum Gasteiger partial charge on any atom is -0.489 e. The number of ether oxygens (including phenoxy) is 1. The second-order valence-corrected chi connectivity index (χ2v) is 11.1. The number of hydrogen-bond acceptors (Lipinski definition) is 5. The largest absolute Gasteiger partial charge is 0.489 e. The van der Waals surface area contributed by atoms with Crippen LogP contribution in [-0.4, -0.2) is 49.4 Å². The third kappa shape index (κ3) is 5.71. The highest BCUT2D eigenvalue weighted by Gasteiger charge is 2.41. The first-order valence-electron chi connectivity index (χ1n) is 11.8. The maximum Gasteiger partial charge on any atom is 0.269 e. The van der Waals surface area contributed by atoms with E-state index in [0.717, 1.165) is 12.0 Å². The average Bonchev–Trinajstić information content (AvgIpc) is 2.88. The topological polar surface area (TPSA) is 88.6 Å². The highest BCUT2D eigenvalue weighted by molar-refractivity contribution is 7.89. The van der Waals surface area contributed by atoms with Gasteiger partial charge in [0.15, 0.2) is 0 Å². The van der Waals surface area contributed by atoms with Crippen molar-refractivity contribution in [2.24, 2.45) is 0 Å². The third-order valence-electron chi connectivity index (χ3n) is 6.24. The molecule has 1 atom stereocenters. The van der Waals surface area contributed by atoms with Crippen molar-refractivity contribution in [2.75, 3.05) is 19.6 Å². The van der Waals surface area contributed by atoms with E-state index in [-0.39, 0.29) is 29.1 Å². The van der Waals surface area contributed by atoms with Gasteiger partial charge in [0.25, 0.3) is 5.91 Å². The Kier molecular flexibility index (Phi) is 7.52. The Morgan fingerprint density at radius 1 is 1.06 bits per heavy atom. The molecule has 1 aliphatic rings. The SMILES string of the molecule is CC(C)Oc1ccc(C(=O)NCC2(c3ccccc3)CCCN(S(=O)(=O)c3ccccc3)C2)nc1. The van der Waals surface area contributed by atoms with E-state index in [4.69, 9.17) is 4.74 Å². The van der Waals surface area contributed by atoms with Gasteiger partial charge in [0, 0.05) is 25.0 Å². The minimum absolute atomic E-state index is 0.0172. The summed E-state index contributed by atoms with van der Waals surface area (Å²) in [6, 6.07) is 21.7. The lowest BCUT2D eigenvalue weighted by molar-refractivity contribution is 0.0927. The van der Waals surface area contributed by atoms with Gasteiger partial charge in [-0.1, -0.05) is 48.5 Å². The predicted molar refractivity (Wildman–Crippen MR) is 135 cm³/mol. The van der Waals surface area contributed by atoms with Crippen molar-refractivity contribution >= 4 is 15.9 Å². The van der Waals surface area contributed by atoms with Crippen LogP contribution in [0.25, 0.3) is 0 Å². The standard InChI is InChI=1S/C27H31N3O4S/c1-21(2)34-23-14-15-25(28-18-23)26(31)29-19-27(22-10-5-3-6-11-22)16-9-17-30(20-27)35(32,33)24-12-7-4-8-13-24/h3-8,10-15,18,21H,9,16-17,19-20H2,1-2H3,(H,29,31). The number of hydrogen-bond donors (Lipinski definition) is 1. The van der Waals surface area contributed by atoms with Crippen molar-refractivity contribution in [3.8, 4) is 5.75 Å². The molecular weight excluding hydrogens is 462 g/mol. The molecule has 3 aromatic rings. The summed E-state index contributed by atoms with van der Waals surface area (Å²) in [4.78, 5) is 17.5. The molecule has 184 valence electrons. The van der Waals surface area contributed by atoms with Crippen molar-refractivity contribution in [3.63, 3.8) is 0 Å². The fourth-order valence-electron chi connectivity index (χ4n) is 4.51. The molecule has 0 spiro atoms. The first-order chi connectivity index (χ1) is 16.8. The van der Waals surface area contributed by atoms with Crippen molar-refractivity contribution in [1.82, 2.24) is 14.6 Å². The number of rotatable bonds is 8. The molecule has 7 nitrogen and oxygen atoms in total. The van der Waals surface area contributed by atoms with Gasteiger partial charge in [0.05, 0.1) is 17.2 Å². The molecule has 1 N–H and O–H groups in total. The number of carbonyl (C=O) groups is 1. The number of carbonyl (C=O) groups excluding carboxylic acids is 1. The van der Waals surface area contributed by atoms with Crippen LogP contribution in [0.4, 0.5) is 0 Å². The van der Waals surface area contributed by atoms with Gasteiger partial charge >= 0.3 is 0 Å². The van der Waals surface area contributed by atoms with Crippen LogP contribution in [0.2, 0.25) is 0 Å². The Morgan fingerprint density at radius 3 is 2.37 bits per heavy atom. The highest BCUT2D eigenvalue weighted by Crippen LogP contribution is 2.36. The molecule has 2 heterocycles. The number of nitrogens with one attached hydrogen (secondary N) is 1. The monoisotopic (exact) mass is 493 g/mol. The Hall–Kier alpha value is -3.23. The van der Waals surface area contributed by atoms with Gasteiger partial charge in [-0.25, -0.2) is 13.4 Å². The molecule has 1 aromatic heterocycles. The summed E-state index contributed by atoms with van der Waals surface area (Å²) >= 11 is 0. The molecule has 8 heteroatoms. The van der Waals surface area contributed by atoms with Crippen molar-refractivity contribution < 1.29 is 17.9 Å². The summed E-state index contributed by atoms with van der Waals surface area (Å²) < 4.78 is 33.9. The zero-order valence-corrected chi connectivity index (χ0v) is 20.9. The molecule has 0 saturated carbocycles. The van der Waals surface area contributed by atoms with Gasteiger partial charge < -0.3 is 10.1 Å². The molecule has 0 bridgehead atoms. The van der Waals surface area contributed by atoms with Crippen LogP contribution in [-0.2, 0) is 15.4 Å². The summed E-state index contributed by atoms with van der Waals surface area (Å²) in [5.41, 5.74) is 0.730. The van der Waals surface area contributed by atoms with E-state index >= 15 is 0 Å². The zero-order valence-electron chi connectivity index (χ0n) is 20.1. The van der Waals surface area contributed by atoms with Crippen LogP contribution < -0.4 is 10.1 Å². The van der Waals surface area contributed by atoms with E-state index in [1.165, 1.54) is 6.20 Å². The van der Waals surface area contributed by atoms with E-state index < -0.39 is 15.4 Å². The van der Waals surface area contributed by atoms with E-state index in [2.05, 4.69) is 10.3 Å². The number of amides is 1. The fraction of sp³-hybridized carbons (Fsp3) is 0.333. The van der Waals surface area contributed by atoms with E-state index in [9.17, 15) is 13.2 Å². The number of piperidine rings is 1. The van der Waals surface area contributed by atoms with Crippen molar-refractivity contribution in [2.45, 2.75) is 43.1 Å². The molecule has 0 radical (unpaired) electrons. The lowest BCUT2D eigenvalue weighted by atomic mass is 9.74. The lowest BCUT2D eigenvalue weighted by Gasteiger charge is -2.42. The second-order valence-electron chi connectivity index (χ2n) is 9.13. The lowest BCUT2D eigenvalue weighted by Crippen LogP contribution is -2.53. The van der Waals surface area contributed by atoms with Gasteiger partial charge in [0.1, 0.15) is 11.4 Å². The Morgan fingerprint density at radius 2 is 1.74 bits per heavy atom. The Labute approximate surface area is 207 Å². The first kappa shape index (κ1) is 24.9. The van der Waals surface area contributed by atoms with Crippen LogP contribution in [0, 0.1) is 0 Å². The van der Waals surface area contributed by atoms with Crippen molar-refractivity contribution in [1.29, 1.82) is 0 Å². The number of pyridine rings is 1. The summed E-state index contributed by atoms with van der Waals surface area (Å²) in [6.07, 6.45) is 3.00. The van der Waals surface area contributed by atoms with Crippen LogP contribution in [0.1, 0.15) is 42.7 Å². The molecule has 1 unspecified atom stereocenters. The van der Waals surface area contributed by atoms with Crippen LogP contribution in [0.15, 0.2) is 83.9 Å². The van der Waals surface area contributed by atoms with Crippen LogP contribution >= 0.6 is 0 Å². The molecule has 1 fully saturated rings. The Bertz CT molecular complexity index is 1230. The quantitative estimate of drug-likeness (QED) is 0.512. The molecule has 35 heavy (non-hydrogen) atoms. The molecule has 0 aliphatic carbocycles. The van der Waals surface area contributed by atoms with E-state index in [0.29, 0.717) is 25.3 Å². The molecule has 1 amide bonds. The average molecular weight is 494 g/mol. The molecule has 1 saturated heterocycles. The predicted octanol–water partition coefficient (Wildman–Crippen LogP) is 4.02. The molecule has 1 aliphatic heterocycles. The van der Waals surface area contributed by atoms with Gasteiger partial charge in [-0.2, -0.15) is 4.31 Å². The number of aromatic nitrogens is 1. The molecule has 2 aromatic carbocycles. The second kappa shape index (κ2) is 10.6. The number of sulfonamides is 1. The highest BCUT2D eigenvalue weighted by atomic mass is 32.2. The van der Waals surface area contributed by atoms with Crippen LogP contribution in [0.3, 0.4) is 0 Å². The van der Waals surface area contributed by atoms with Crippen LogP contribution in [0.5, 0.6) is 5.75 Å². The zero-order chi connectivity index (χ0) is 24.9. The minimum atomic E-state index is -3.65. The van der Waals surface area contributed by atoms with E-state index in [1.807, 2.05) is 44.2 Å². The Balaban J connectivity index is 1.56. The summed E-state index contributed by atoms with van der Waals surface area (Å²) in [5, 5.41) is 3.02. The molecular formula is C27H31N3O4S. The normalized spacial score (nSPS) is 18.8. The van der Waals surface area contributed by atoms with E-state index in [1.54, 1.807) is 46.8 Å². The third-order valence-corrected chi connectivity index (χ3v) is 8.10.